The first kappa shape index (κ1) is 16.7. The van der Waals surface area contributed by atoms with Crippen molar-refractivity contribution >= 4 is 11.6 Å². The predicted molar refractivity (Wildman–Crippen MR) is 86.3 cm³/mol. The van der Waals surface area contributed by atoms with Crippen molar-refractivity contribution in [3.63, 3.8) is 0 Å². The molecule has 0 aliphatic rings. The molecule has 1 aromatic rings. The number of likely N-dealkylation sites (N-methyl/N-ethyl adjacent to an activating group) is 1. The summed E-state index contributed by atoms with van der Waals surface area (Å²) in [6.45, 7) is 16.0. The third-order valence-electron chi connectivity index (χ3n) is 4.03. The van der Waals surface area contributed by atoms with Crippen LogP contribution in [0.2, 0.25) is 0 Å². The van der Waals surface area contributed by atoms with Crippen LogP contribution in [0.3, 0.4) is 0 Å². The predicted octanol–water partition coefficient (Wildman–Crippen LogP) is 3.67. The molecule has 1 aromatic carbocycles. The Morgan fingerprint density at radius 1 is 1.10 bits per heavy atom. The molecule has 0 atom stereocenters. The van der Waals surface area contributed by atoms with Crippen LogP contribution in [0.15, 0.2) is 12.1 Å². The summed E-state index contributed by atoms with van der Waals surface area (Å²) in [7, 11) is 0. The Morgan fingerprint density at radius 2 is 1.55 bits per heavy atom. The normalized spacial score (nSPS) is 11.8. The minimum atomic E-state index is -0.507. The Bertz CT molecular complexity index is 465. The van der Waals surface area contributed by atoms with E-state index in [0.29, 0.717) is 0 Å². The van der Waals surface area contributed by atoms with Crippen molar-refractivity contribution in [1.82, 2.24) is 4.90 Å². The molecule has 0 aliphatic carbocycles. The second-order valence-corrected chi connectivity index (χ2v) is 5.96. The van der Waals surface area contributed by atoms with Crippen LogP contribution in [0.1, 0.15) is 44.4 Å². The summed E-state index contributed by atoms with van der Waals surface area (Å²) in [4.78, 5) is 14.8. The molecule has 1 amide bonds. The maximum Gasteiger partial charge on any atom is 0.244 e. The lowest BCUT2D eigenvalue weighted by molar-refractivity contribution is -0.126. The van der Waals surface area contributed by atoms with Gasteiger partial charge in [0.2, 0.25) is 5.91 Å². The van der Waals surface area contributed by atoms with Gasteiger partial charge in [-0.05, 0) is 58.8 Å². The van der Waals surface area contributed by atoms with Crippen LogP contribution in [-0.4, -0.2) is 29.4 Å². The van der Waals surface area contributed by atoms with Gasteiger partial charge in [0.15, 0.2) is 0 Å². The van der Waals surface area contributed by atoms with Gasteiger partial charge in [0.25, 0.3) is 0 Å². The van der Waals surface area contributed by atoms with Crippen molar-refractivity contribution in [2.75, 3.05) is 18.4 Å². The monoisotopic (exact) mass is 276 g/mol. The van der Waals surface area contributed by atoms with Gasteiger partial charge in [0.1, 0.15) is 0 Å². The standard InChI is InChI=1S/C17H28N2O/c1-8-19(9-2)17(6,7)16(20)18-15-13(4)10-12(3)11-14(15)5/h10-11H,8-9H2,1-7H3,(H,18,20). The van der Waals surface area contributed by atoms with E-state index >= 15 is 0 Å². The fourth-order valence-electron chi connectivity index (χ4n) is 2.80. The maximum absolute atomic E-state index is 12.6. The number of benzene rings is 1. The zero-order valence-electron chi connectivity index (χ0n) is 13.9. The molecule has 0 heterocycles. The molecule has 3 heteroatoms. The van der Waals surface area contributed by atoms with E-state index in [4.69, 9.17) is 0 Å². The van der Waals surface area contributed by atoms with Crippen LogP contribution in [0.5, 0.6) is 0 Å². The number of aryl methyl sites for hydroxylation is 3. The fraction of sp³-hybridized carbons (Fsp3) is 0.588. The Morgan fingerprint density at radius 3 is 1.95 bits per heavy atom. The first-order chi connectivity index (χ1) is 9.23. The lowest BCUT2D eigenvalue weighted by atomic mass is 9.99. The highest BCUT2D eigenvalue weighted by atomic mass is 16.2. The highest BCUT2D eigenvalue weighted by Gasteiger charge is 2.33. The molecule has 0 bridgehead atoms. The quantitative estimate of drug-likeness (QED) is 0.890. The van der Waals surface area contributed by atoms with Crippen molar-refractivity contribution in [2.45, 2.75) is 54.0 Å². The van der Waals surface area contributed by atoms with Crippen LogP contribution in [-0.2, 0) is 4.79 Å². The van der Waals surface area contributed by atoms with Gasteiger partial charge in [-0.3, -0.25) is 9.69 Å². The Labute approximate surface area is 123 Å². The van der Waals surface area contributed by atoms with E-state index in [-0.39, 0.29) is 5.91 Å². The average Bonchev–Trinajstić information content (AvgIpc) is 2.34. The van der Waals surface area contributed by atoms with E-state index < -0.39 is 5.54 Å². The first-order valence-electron chi connectivity index (χ1n) is 7.38. The van der Waals surface area contributed by atoms with Crippen LogP contribution in [0, 0.1) is 20.8 Å². The Kier molecular flexibility index (Phi) is 5.35. The van der Waals surface area contributed by atoms with Crippen molar-refractivity contribution in [3.8, 4) is 0 Å². The number of carbonyl (C=O) groups excluding carboxylic acids is 1. The molecular weight excluding hydrogens is 248 g/mol. The van der Waals surface area contributed by atoms with Crippen molar-refractivity contribution in [1.29, 1.82) is 0 Å². The molecule has 0 radical (unpaired) electrons. The number of hydrogen-bond acceptors (Lipinski definition) is 2. The van der Waals surface area contributed by atoms with Crippen molar-refractivity contribution in [2.24, 2.45) is 0 Å². The molecule has 0 saturated carbocycles. The zero-order chi connectivity index (χ0) is 15.5. The molecular formula is C17H28N2O. The van der Waals surface area contributed by atoms with Gasteiger partial charge in [-0.1, -0.05) is 31.5 Å². The lowest BCUT2D eigenvalue weighted by Gasteiger charge is -2.36. The second kappa shape index (κ2) is 6.40. The van der Waals surface area contributed by atoms with Crippen LogP contribution >= 0.6 is 0 Å². The smallest absolute Gasteiger partial charge is 0.244 e. The van der Waals surface area contributed by atoms with Crippen LogP contribution in [0.25, 0.3) is 0 Å². The third-order valence-corrected chi connectivity index (χ3v) is 4.03. The highest BCUT2D eigenvalue weighted by molar-refractivity contribution is 5.98. The van der Waals surface area contributed by atoms with Gasteiger partial charge < -0.3 is 5.32 Å². The Balaban J connectivity index is 3.02. The molecule has 0 aliphatic heterocycles. The van der Waals surface area contributed by atoms with Gasteiger partial charge in [-0.2, -0.15) is 0 Å². The minimum absolute atomic E-state index is 0.0521. The molecule has 1 N–H and O–H groups in total. The largest absolute Gasteiger partial charge is 0.324 e. The molecule has 112 valence electrons. The van der Waals surface area contributed by atoms with Gasteiger partial charge >= 0.3 is 0 Å². The van der Waals surface area contributed by atoms with Gasteiger partial charge in [-0.25, -0.2) is 0 Å². The molecule has 20 heavy (non-hydrogen) atoms. The van der Waals surface area contributed by atoms with E-state index in [2.05, 4.69) is 43.1 Å². The number of nitrogens with zero attached hydrogens (tertiary/aromatic N) is 1. The fourth-order valence-corrected chi connectivity index (χ4v) is 2.80. The topological polar surface area (TPSA) is 32.3 Å². The molecule has 0 saturated heterocycles. The molecule has 0 aromatic heterocycles. The SMILES string of the molecule is CCN(CC)C(C)(C)C(=O)Nc1c(C)cc(C)cc1C. The summed E-state index contributed by atoms with van der Waals surface area (Å²) >= 11 is 0. The summed E-state index contributed by atoms with van der Waals surface area (Å²) in [6.07, 6.45) is 0. The number of rotatable bonds is 5. The number of amides is 1. The van der Waals surface area contributed by atoms with E-state index in [1.165, 1.54) is 5.56 Å². The van der Waals surface area contributed by atoms with E-state index in [0.717, 1.165) is 29.9 Å². The molecule has 0 spiro atoms. The minimum Gasteiger partial charge on any atom is -0.324 e. The Hall–Kier alpha value is -1.35. The van der Waals surface area contributed by atoms with Gasteiger partial charge in [-0.15, -0.1) is 0 Å². The van der Waals surface area contributed by atoms with Gasteiger partial charge in [0, 0.05) is 5.69 Å². The third kappa shape index (κ3) is 3.40. The van der Waals surface area contributed by atoms with Crippen molar-refractivity contribution in [3.05, 3.63) is 28.8 Å². The second-order valence-electron chi connectivity index (χ2n) is 5.96. The average molecular weight is 276 g/mol. The van der Waals surface area contributed by atoms with Gasteiger partial charge in [0.05, 0.1) is 5.54 Å². The summed E-state index contributed by atoms with van der Waals surface area (Å²) in [5.41, 5.74) is 3.90. The van der Waals surface area contributed by atoms with E-state index in [9.17, 15) is 4.79 Å². The highest BCUT2D eigenvalue weighted by Crippen LogP contribution is 2.24. The summed E-state index contributed by atoms with van der Waals surface area (Å²) in [5.74, 6) is 0.0521. The summed E-state index contributed by atoms with van der Waals surface area (Å²) in [6, 6.07) is 4.21. The van der Waals surface area contributed by atoms with Crippen LogP contribution in [0.4, 0.5) is 5.69 Å². The zero-order valence-corrected chi connectivity index (χ0v) is 13.9. The number of hydrogen-bond donors (Lipinski definition) is 1. The lowest BCUT2D eigenvalue weighted by Crippen LogP contribution is -2.52. The maximum atomic E-state index is 12.6. The molecule has 0 fully saturated rings. The number of nitrogens with one attached hydrogen (secondary N) is 1. The number of carbonyl (C=O) groups is 1. The summed E-state index contributed by atoms with van der Waals surface area (Å²) in [5, 5.41) is 3.11. The molecule has 1 rings (SSSR count). The number of anilines is 1. The van der Waals surface area contributed by atoms with Crippen molar-refractivity contribution < 1.29 is 4.79 Å². The molecule has 3 nitrogen and oxygen atoms in total. The summed E-state index contributed by atoms with van der Waals surface area (Å²) < 4.78 is 0. The first-order valence-corrected chi connectivity index (χ1v) is 7.38. The van der Waals surface area contributed by atoms with Crippen LogP contribution < -0.4 is 5.32 Å². The van der Waals surface area contributed by atoms with E-state index in [1.54, 1.807) is 0 Å². The van der Waals surface area contributed by atoms with E-state index in [1.807, 2.05) is 27.7 Å². The molecule has 0 unspecified atom stereocenters.